The van der Waals surface area contributed by atoms with Crippen LogP contribution in [0.2, 0.25) is 0 Å². The zero-order valence-corrected chi connectivity index (χ0v) is 15.2. The summed E-state index contributed by atoms with van der Waals surface area (Å²) in [5.41, 5.74) is 1.86. The number of hydrogen-bond donors (Lipinski definition) is 2. The third kappa shape index (κ3) is 4.56. The Bertz CT molecular complexity index is 932. The molecule has 0 spiro atoms. The van der Waals surface area contributed by atoms with Crippen molar-refractivity contribution >= 4 is 27.4 Å². The molecule has 0 aliphatic heterocycles. The van der Waals surface area contributed by atoms with E-state index in [1.54, 1.807) is 24.3 Å². The van der Waals surface area contributed by atoms with E-state index < -0.39 is 10.0 Å². The fourth-order valence-corrected chi connectivity index (χ4v) is 3.50. The summed E-state index contributed by atoms with van der Waals surface area (Å²) in [5, 5.41) is 2.84. The van der Waals surface area contributed by atoms with Crippen LogP contribution in [0, 0.1) is 5.92 Å². The molecule has 136 valence electrons. The Morgan fingerprint density at radius 3 is 2.38 bits per heavy atom. The third-order valence-corrected chi connectivity index (χ3v) is 5.60. The molecular formula is C19H20N2O4S. The van der Waals surface area contributed by atoms with E-state index >= 15 is 0 Å². The maximum Gasteiger partial charge on any atom is 0.240 e. The monoisotopic (exact) mass is 372 g/mol. The van der Waals surface area contributed by atoms with Gasteiger partial charge in [0.2, 0.25) is 15.9 Å². The molecule has 1 amide bonds. The predicted molar refractivity (Wildman–Crippen MR) is 98.3 cm³/mol. The quantitative estimate of drug-likeness (QED) is 0.731. The molecule has 2 N–H and O–H groups in total. The van der Waals surface area contributed by atoms with Crippen molar-refractivity contribution in [2.24, 2.45) is 5.92 Å². The zero-order valence-electron chi connectivity index (χ0n) is 14.4. The van der Waals surface area contributed by atoms with Gasteiger partial charge in [-0.2, -0.15) is 0 Å². The zero-order chi connectivity index (χ0) is 18.7. The van der Waals surface area contributed by atoms with Gasteiger partial charge in [0, 0.05) is 23.7 Å². The van der Waals surface area contributed by atoms with E-state index in [1.165, 1.54) is 31.2 Å². The first kappa shape index (κ1) is 18.3. The minimum atomic E-state index is -3.69. The number of benzene rings is 2. The second-order valence-corrected chi connectivity index (χ2v) is 8.14. The molecular weight excluding hydrogens is 352 g/mol. The van der Waals surface area contributed by atoms with Crippen molar-refractivity contribution in [1.82, 2.24) is 4.72 Å². The third-order valence-electron chi connectivity index (χ3n) is 4.18. The molecule has 6 nitrogen and oxygen atoms in total. The van der Waals surface area contributed by atoms with Crippen molar-refractivity contribution in [1.29, 1.82) is 0 Å². The van der Waals surface area contributed by atoms with Crippen LogP contribution in [0.15, 0.2) is 53.4 Å². The first-order valence-corrected chi connectivity index (χ1v) is 9.84. The highest BCUT2D eigenvalue weighted by molar-refractivity contribution is 7.89. The second kappa shape index (κ2) is 7.39. The van der Waals surface area contributed by atoms with Crippen LogP contribution < -0.4 is 10.0 Å². The van der Waals surface area contributed by atoms with Crippen LogP contribution in [-0.4, -0.2) is 20.1 Å². The summed E-state index contributed by atoms with van der Waals surface area (Å²) in [6, 6.07) is 12.9. The maximum absolute atomic E-state index is 12.4. The Hall–Kier alpha value is -2.51. The van der Waals surface area contributed by atoms with Crippen molar-refractivity contribution in [3.63, 3.8) is 0 Å². The minimum absolute atomic E-state index is 0.00768. The summed E-state index contributed by atoms with van der Waals surface area (Å²) in [4.78, 5) is 23.2. The topological polar surface area (TPSA) is 92.3 Å². The Kier molecular flexibility index (Phi) is 5.20. The number of Topliss-reactive ketones (excluding diaryl/α,β-unsaturated/α-hetero) is 1. The largest absolute Gasteiger partial charge is 0.326 e. The number of carbonyl (C=O) groups is 2. The molecule has 0 saturated heterocycles. The normalized spacial score (nSPS) is 14.0. The number of hydrogen-bond acceptors (Lipinski definition) is 4. The molecule has 0 heterocycles. The van der Waals surface area contributed by atoms with Gasteiger partial charge < -0.3 is 5.32 Å². The van der Waals surface area contributed by atoms with Crippen LogP contribution in [0.25, 0.3) is 0 Å². The molecule has 0 unspecified atom stereocenters. The fourth-order valence-electron chi connectivity index (χ4n) is 2.48. The average Bonchev–Trinajstić information content (AvgIpc) is 3.46. The van der Waals surface area contributed by atoms with Gasteiger partial charge in [0.25, 0.3) is 0 Å². The Balaban J connectivity index is 1.65. The van der Waals surface area contributed by atoms with E-state index in [0.29, 0.717) is 11.3 Å². The van der Waals surface area contributed by atoms with Crippen LogP contribution in [0.3, 0.4) is 0 Å². The Morgan fingerprint density at radius 1 is 1.08 bits per heavy atom. The summed E-state index contributed by atoms with van der Waals surface area (Å²) >= 11 is 0. The van der Waals surface area contributed by atoms with E-state index in [-0.39, 0.29) is 29.0 Å². The molecule has 0 atom stereocenters. The molecule has 1 aliphatic carbocycles. The molecule has 2 aromatic carbocycles. The lowest BCUT2D eigenvalue weighted by atomic mass is 10.2. The first-order valence-electron chi connectivity index (χ1n) is 8.35. The molecule has 1 saturated carbocycles. The first-order chi connectivity index (χ1) is 12.3. The smallest absolute Gasteiger partial charge is 0.240 e. The van der Waals surface area contributed by atoms with E-state index in [9.17, 15) is 18.0 Å². The van der Waals surface area contributed by atoms with E-state index in [1.807, 2.05) is 0 Å². The van der Waals surface area contributed by atoms with E-state index in [0.717, 1.165) is 18.4 Å². The van der Waals surface area contributed by atoms with Gasteiger partial charge in [0.05, 0.1) is 4.90 Å². The summed E-state index contributed by atoms with van der Waals surface area (Å²) in [6.45, 7) is 1.53. The number of nitrogens with one attached hydrogen (secondary N) is 2. The molecule has 3 rings (SSSR count). The number of rotatable bonds is 7. The summed E-state index contributed by atoms with van der Waals surface area (Å²) in [6.07, 6.45) is 1.85. The fraction of sp³-hybridized carbons (Fsp3) is 0.263. The van der Waals surface area contributed by atoms with E-state index in [2.05, 4.69) is 10.0 Å². The van der Waals surface area contributed by atoms with Crippen molar-refractivity contribution in [3.05, 3.63) is 59.7 Å². The van der Waals surface area contributed by atoms with Gasteiger partial charge in [0.1, 0.15) is 0 Å². The number of sulfonamides is 1. The predicted octanol–water partition coefficient (Wildman–Crippen LogP) is 2.72. The molecule has 7 heteroatoms. The van der Waals surface area contributed by atoms with Crippen LogP contribution in [-0.2, 0) is 21.4 Å². The Morgan fingerprint density at radius 2 is 1.77 bits per heavy atom. The highest BCUT2D eigenvalue weighted by Crippen LogP contribution is 2.30. The van der Waals surface area contributed by atoms with Gasteiger partial charge in [-0.3, -0.25) is 9.59 Å². The molecule has 0 radical (unpaired) electrons. The van der Waals surface area contributed by atoms with Gasteiger partial charge >= 0.3 is 0 Å². The molecule has 0 aromatic heterocycles. The Labute approximate surface area is 152 Å². The number of anilines is 1. The van der Waals surface area contributed by atoms with Crippen molar-refractivity contribution in [2.75, 3.05) is 5.32 Å². The number of carbonyl (C=O) groups excluding carboxylic acids is 2. The number of ketones is 1. The second-order valence-electron chi connectivity index (χ2n) is 6.37. The van der Waals surface area contributed by atoms with Gasteiger partial charge in [-0.05, 0) is 49.6 Å². The van der Waals surface area contributed by atoms with Crippen molar-refractivity contribution in [2.45, 2.75) is 31.2 Å². The lowest BCUT2D eigenvalue weighted by Gasteiger charge is -2.09. The average molecular weight is 372 g/mol. The lowest BCUT2D eigenvalue weighted by Crippen LogP contribution is -2.23. The molecule has 1 aliphatic rings. The molecule has 1 fully saturated rings. The standard InChI is InChI=1S/C19H20N2O4S/c1-13(22)15-7-9-18(10-8-15)26(24,25)20-12-14-3-2-4-17(11-14)21-19(23)16-5-6-16/h2-4,7-11,16,20H,5-6,12H2,1H3,(H,21,23). The van der Waals surface area contributed by atoms with Crippen LogP contribution in [0.4, 0.5) is 5.69 Å². The maximum atomic E-state index is 12.4. The molecule has 0 bridgehead atoms. The molecule has 26 heavy (non-hydrogen) atoms. The van der Waals surface area contributed by atoms with Gasteiger partial charge in [0.15, 0.2) is 5.78 Å². The summed E-state index contributed by atoms with van der Waals surface area (Å²) in [5.74, 6) is -0.00427. The summed E-state index contributed by atoms with van der Waals surface area (Å²) < 4.78 is 27.3. The van der Waals surface area contributed by atoms with E-state index in [4.69, 9.17) is 0 Å². The highest BCUT2D eigenvalue weighted by atomic mass is 32.2. The minimum Gasteiger partial charge on any atom is -0.326 e. The lowest BCUT2D eigenvalue weighted by molar-refractivity contribution is -0.117. The van der Waals surface area contributed by atoms with Crippen LogP contribution in [0.1, 0.15) is 35.7 Å². The van der Waals surface area contributed by atoms with Crippen LogP contribution in [0.5, 0.6) is 0 Å². The summed E-state index contributed by atoms with van der Waals surface area (Å²) in [7, 11) is -3.69. The van der Waals surface area contributed by atoms with Gasteiger partial charge in [-0.25, -0.2) is 13.1 Å². The van der Waals surface area contributed by atoms with Crippen molar-refractivity contribution in [3.8, 4) is 0 Å². The van der Waals surface area contributed by atoms with Crippen LogP contribution >= 0.6 is 0 Å². The van der Waals surface area contributed by atoms with Gasteiger partial charge in [-0.15, -0.1) is 0 Å². The number of amides is 1. The highest BCUT2D eigenvalue weighted by Gasteiger charge is 2.29. The molecule has 2 aromatic rings. The SMILES string of the molecule is CC(=O)c1ccc(S(=O)(=O)NCc2cccc(NC(=O)C3CC3)c2)cc1. The van der Waals surface area contributed by atoms with Gasteiger partial charge in [-0.1, -0.05) is 24.3 Å². The van der Waals surface area contributed by atoms with Crippen molar-refractivity contribution < 1.29 is 18.0 Å².